The number of methoxy groups -OCH3 is 1. The van der Waals surface area contributed by atoms with Gasteiger partial charge < -0.3 is 14.6 Å². The summed E-state index contributed by atoms with van der Waals surface area (Å²) in [6, 6.07) is 0. The lowest BCUT2D eigenvalue weighted by Crippen LogP contribution is -2.27. The highest BCUT2D eigenvalue weighted by atomic mass is 16.7. The predicted molar refractivity (Wildman–Crippen MR) is 43.9 cm³/mol. The van der Waals surface area contributed by atoms with Gasteiger partial charge in [-0.15, -0.1) is 0 Å². The lowest BCUT2D eigenvalue weighted by Gasteiger charge is -2.21. The standard InChI is InChI=1S/C8H16O4/c1-6(5-8(2,3)10)12-7(9)11-4/h6,10H,5H2,1-4H3/t6-/m0/s1. The summed E-state index contributed by atoms with van der Waals surface area (Å²) in [5.41, 5.74) is -0.826. The SMILES string of the molecule is COC(=O)O[C@@H](C)CC(C)(C)O. The van der Waals surface area contributed by atoms with E-state index in [-0.39, 0.29) is 6.10 Å². The van der Waals surface area contributed by atoms with Crippen molar-refractivity contribution in [2.75, 3.05) is 7.11 Å². The van der Waals surface area contributed by atoms with E-state index in [4.69, 9.17) is 4.74 Å². The third kappa shape index (κ3) is 5.97. The van der Waals surface area contributed by atoms with Gasteiger partial charge in [0.25, 0.3) is 0 Å². The van der Waals surface area contributed by atoms with Crippen molar-refractivity contribution < 1.29 is 19.4 Å². The average molecular weight is 176 g/mol. The average Bonchev–Trinajstić information content (AvgIpc) is 1.82. The second-order valence-corrected chi connectivity index (χ2v) is 3.40. The van der Waals surface area contributed by atoms with Crippen molar-refractivity contribution in [3.8, 4) is 0 Å². The first-order valence-electron chi connectivity index (χ1n) is 3.82. The van der Waals surface area contributed by atoms with Gasteiger partial charge in [-0.05, 0) is 20.8 Å². The molecule has 0 saturated heterocycles. The second kappa shape index (κ2) is 4.30. The van der Waals surface area contributed by atoms with Crippen LogP contribution in [0.25, 0.3) is 0 Å². The normalized spacial score (nSPS) is 13.8. The summed E-state index contributed by atoms with van der Waals surface area (Å²) in [4.78, 5) is 10.6. The molecule has 0 aliphatic carbocycles. The minimum Gasteiger partial charge on any atom is -0.438 e. The summed E-state index contributed by atoms with van der Waals surface area (Å²) < 4.78 is 9.05. The monoisotopic (exact) mass is 176 g/mol. The van der Waals surface area contributed by atoms with E-state index in [0.717, 1.165) is 0 Å². The number of hydrogen-bond acceptors (Lipinski definition) is 4. The Balaban J connectivity index is 3.74. The second-order valence-electron chi connectivity index (χ2n) is 3.40. The zero-order valence-electron chi connectivity index (χ0n) is 7.96. The highest BCUT2D eigenvalue weighted by Crippen LogP contribution is 2.12. The molecule has 0 fully saturated rings. The minimum atomic E-state index is -0.826. The molecule has 0 amide bonds. The van der Waals surface area contributed by atoms with Gasteiger partial charge in [0.1, 0.15) is 6.10 Å². The quantitative estimate of drug-likeness (QED) is 0.659. The lowest BCUT2D eigenvalue weighted by molar-refractivity contribution is -0.00623. The molecule has 0 heterocycles. The number of hydrogen-bond donors (Lipinski definition) is 1. The smallest absolute Gasteiger partial charge is 0.438 e. The molecule has 0 aliphatic rings. The van der Waals surface area contributed by atoms with Crippen molar-refractivity contribution in [3.05, 3.63) is 0 Å². The molecule has 4 nitrogen and oxygen atoms in total. The van der Waals surface area contributed by atoms with Crippen LogP contribution in [0.1, 0.15) is 27.2 Å². The van der Waals surface area contributed by atoms with Crippen LogP contribution < -0.4 is 0 Å². The van der Waals surface area contributed by atoms with E-state index >= 15 is 0 Å². The maximum Gasteiger partial charge on any atom is 0.508 e. The van der Waals surface area contributed by atoms with Crippen LogP contribution in [0.4, 0.5) is 4.79 Å². The van der Waals surface area contributed by atoms with Gasteiger partial charge in [0, 0.05) is 6.42 Å². The van der Waals surface area contributed by atoms with E-state index in [9.17, 15) is 9.90 Å². The number of ether oxygens (including phenoxy) is 2. The summed E-state index contributed by atoms with van der Waals surface area (Å²) in [7, 11) is 1.25. The molecular formula is C8H16O4. The Morgan fingerprint density at radius 3 is 2.42 bits per heavy atom. The van der Waals surface area contributed by atoms with E-state index in [2.05, 4.69) is 4.74 Å². The van der Waals surface area contributed by atoms with Crippen LogP contribution in [-0.2, 0) is 9.47 Å². The Kier molecular flexibility index (Phi) is 4.03. The van der Waals surface area contributed by atoms with Crippen LogP contribution in [0.5, 0.6) is 0 Å². The zero-order chi connectivity index (χ0) is 9.78. The molecule has 0 aromatic carbocycles. The van der Waals surface area contributed by atoms with Crippen molar-refractivity contribution in [1.82, 2.24) is 0 Å². The van der Waals surface area contributed by atoms with Crippen molar-refractivity contribution >= 4 is 6.16 Å². The Morgan fingerprint density at radius 1 is 1.58 bits per heavy atom. The van der Waals surface area contributed by atoms with E-state index in [0.29, 0.717) is 6.42 Å². The van der Waals surface area contributed by atoms with E-state index in [1.54, 1.807) is 20.8 Å². The third-order valence-electron chi connectivity index (χ3n) is 1.25. The molecule has 1 N–H and O–H groups in total. The fraction of sp³-hybridized carbons (Fsp3) is 0.875. The fourth-order valence-corrected chi connectivity index (χ4v) is 0.958. The van der Waals surface area contributed by atoms with Crippen LogP contribution in [0.2, 0.25) is 0 Å². The van der Waals surface area contributed by atoms with Crippen molar-refractivity contribution in [1.29, 1.82) is 0 Å². The first-order valence-corrected chi connectivity index (χ1v) is 3.82. The van der Waals surface area contributed by atoms with Gasteiger partial charge in [-0.3, -0.25) is 0 Å². The Hall–Kier alpha value is -0.770. The number of rotatable bonds is 3. The molecule has 0 radical (unpaired) electrons. The van der Waals surface area contributed by atoms with Crippen molar-refractivity contribution in [3.63, 3.8) is 0 Å². The van der Waals surface area contributed by atoms with Gasteiger partial charge in [-0.25, -0.2) is 4.79 Å². The summed E-state index contributed by atoms with van der Waals surface area (Å²) >= 11 is 0. The summed E-state index contributed by atoms with van der Waals surface area (Å²) in [6.07, 6.45) is -0.661. The molecular weight excluding hydrogens is 160 g/mol. The van der Waals surface area contributed by atoms with Gasteiger partial charge in [-0.2, -0.15) is 0 Å². The number of carbonyl (C=O) groups is 1. The van der Waals surface area contributed by atoms with Gasteiger partial charge in [0.15, 0.2) is 0 Å². The number of carbonyl (C=O) groups excluding carboxylic acids is 1. The Bertz CT molecular complexity index is 148. The third-order valence-corrected chi connectivity index (χ3v) is 1.25. The van der Waals surface area contributed by atoms with Crippen LogP contribution in [0.3, 0.4) is 0 Å². The van der Waals surface area contributed by atoms with Gasteiger partial charge in [-0.1, -0.05) is 0 Å². The van der Waals surface area contributed by atoms with Crippen LogP contribution in [0, 0.1) is 0 Å². The van der Waals surface area contributed by atoms with Crippen molar-refractivity contribution in [2.24, 2.45) is 0 Å². The van der Waals surface area contributed by atoms with Crippen molar-refractivity contribution in [2.45, 2.75) is 38.9 Å². The molecule has 0 bridgehead atoms. The first kappa shape index (κ1) is 11.2. The summed E-state index contributed by atoms with van der Waals surface area (Å²) in [6.45, 7) is 5.02. The van der Waals surface area contributed by atoms with Gasteiger partial charge in [0.05, 0.1) is 12.7 Å². The van der Waals surface area contributed by atoms with E-state index in [1.807, 2.05) is 0 Å². The molecule has 0 saturated carbocycles. The maximum absolute atomic E-state index is 10.6. The molecule has 72 valence electrons. The fourth-order valence-electron chi connectivity index (χ4n) is 0.958. The molecule has 0 rings (SSSR count). The van der Waals surface area contributed by atoms with E-state index < -0.39 is 11.8 Å². The molecule has 1 atom stereocenters. The zero-order valence-corrected chi connectivity index (χ0v) is 7.96. The highest BCUT2D eigenvalue weighted by molar-refractivity contribution is 5.59. The largest absolute Gasteiger partial charge is 0.508 e. The molecule has 0 aliphatic heterocycles. The van der Waals surface area contributed by atoms with Crippen LogP contribution >= 0.6 is 0 Å². The Labute approximate surface area is 72.5 Å². The number of aliphatic hydroxyl groups is 1. The van der Waals surface area contributed by atoms with Crippen LogP contribution in [0.15, 0.2) is 0 Å². The van der Waals surface area contributed by atoms with Crippen LogP contribution in [-0.4, -0.2) is 30.1 Å². The molecule has 0 aromatic heterocycles. The molecule has 12 heavy (non-hydrogen) atoms. The summed E-state index contributed by atoms with van der Waals surface area (Å²) in [5.74, 6) is 0. The molecule has 0 unspecified atom stereocenters. The predicted octanol–water partition coefficient (Wildman–Crippen LogP) is 1.32. The van der Waals surface area contributed by atoms with Gasteiger partial charge >= 0.3 is 6.16 Å². The lowest BCUT2D eigenvalue weighted by atomic mass is 10.0. The first-order chi connectivity index (χ1) is 5.35. The minimum absolute atomic E-state index is 0.336. The van der Waals surface area contributed by atoms with E-state index in [1.165, 1.54) is 7.11 Å². The highest BCUT2D eigenvalue weighted by Gasteiger charge is 2.19. The Morgan fingerprint density at radius 2 is 2.08 bits per heavy atom. The molecule has 0 spiro atoms. The van der Waals surface area contributed by atoms with Gasteiger partial charge in [0.2, 0.25) is 0 Å². The maximum atomic E-state index is 10.6. The molecule has 0 aromatic rings. The molecule has 4 heteroatoms. The summed E-state index contributed by atoms with van der Waals surface area (Å²) in [5, 5.41) is 9.34. The topological polar surface area (TPSA) is 55.8 Å².